The summed E-state index contributed by atoms with van der Waals surface area (Å²) in [5.74, 6) is 0.663. The number of likely N-dealkylation sites (tertiary alicyclic amines) is 1. The van der Waals surface area contributed by atoms with Crippen LogP contribution in [0, 0.1) is 5.92 Å². The number of carbonyl (C=O) groups excluding carboxylic acids is 1. The fraction of sp³-hybridized carbons (Fsp3) is 0.909. The van der Waals surface area contributed by atoms with Gasteiger partial charge < -0.3 is 15.4 Å². The van der Waals surface area contributed by atoms with Crippen molar-refractivity contribution in [3.8, 4) is 0 Å². The van der Waals surface area contributed by atoms with Crippen LogP contribution in [0.3, 0.4) is 0 Å². The maximum atomic E-state index is 12.0. The van der Waals surface area contributed by atoms with E-state index in [0.717, 1.165) is 25.9 Å². The Bertz CT molecular complexity index is 229. The maximum absolute atomic E-state index is 12.0. The molecule has 0 radical (unpaired) electrons. The summed E-state index contributed by atoms with van der Waals surface area (Å²) >= 11 is 0. The van der Waals surface area contributed by atoms with Gasteiger partial charge in [-0.2, -0.15) is 0 Å². The number of carbonyl (C=O) groups is 1. The first-order chi connectivity index (χ1) is 7.01. The number of hydrogen-bond donors (Lipinski definition) is 1. The largest absolute Gasteiger partial charge is 0.369 e. The standard InChI is InChI=1S/C11H22N2O2/c1-11(2,15-3)10(14)13-7-5-9(8-13)4-6-12/h9H,4-8,12H2,1-3H3. The molecular weight excluding hydrogens is 192 g/mol. The molecule has 1 heterocycles. The highest BCUT2D eigenvalue weighted by Crippen LogP contribution is 2.22. The maximum Gasteiger partial charge on any atom is 0.254 e. The third-order valence-corrected chi connectivity index (χ3v) is 3.17. The van der Waals surface area contributed by atoms with Crippen LogP contribution in [-0.4, -0.2) is 43.2 Å². The van der Waals surface area contributed by atoms with Gasteiger partial charge in [-0.3, -0.25) is 4.79 Å². The highest BCUT2D eigenvalue weighted by Gasteiger charge is 2.35. The van der Waals surface area contributed by atoms with Gasteiger partial charge in [0.05, 0.1) is 0 Å². The summed E-state index contributed by atoms with van der Waals surface area (Å²) in [5, 5.41) is 0. The van der Waals surface area contributed by atoms with Crippen LogP contribution < -0.4 is 5.73 Å². The van der Waals surface area contributed by atoms with Crippen molar-refractivity contribution in [1.82, 2.24) is 4.90 Å². The fourth-order valence-electron chi connectivity index (χ4n) is 1.96. The molecule has 0 bridgehead atoms. The summed E-state index contributed by atoms with van der Waals surface area (Å²) in [6, 6.07) is 0. The Morgan fingerprint density at radius 3 is 2.80 bits per heavy atom. The molecule has 1 amide bonds. The molecule has 0 aromatic rings. The Balaban J connectivity index is 2.50. The molecule has 0 aromatic carbocycles. The van der Waals surface area contributed by atoms with E-state index in [1.807, 2.05) is 18.7 Å². The van der Waals surface area contributed by atoms with E-state index >= 15 is 0 Å². The molecule has 0 aliphatic carbocycles. The molecule has 1 fully saturated rings. The second-order valence-corrected chi connectivity index (χ2v) is 4.70. The first-order valence-corrected chi connectivity index (χ1v) is 5.56. The lowest BCUT2D eigenvalue weighted by Gasteiger charge is -2.28. The van der Waals surface area contributed by atoms with Crippen LogP contribution in [0.25, 0.3) is 0 Å². The molecule has 0 aromatic heterocycles. The van der Waals surface area contributed by atoms with E-state index in [4.69, 9.17) is 10.5 Å². The van der Waals surface area contributed by atoms with Crippen LogP contribution in [0.4, 0.5) is 0 Å². The summed E-state index contributed by atoms with van der Waals surface area (Å²) in [5.41, 5.74) is 4.82. The number of rotatable bonds is 4. The second-order valence-electron chi connectivity index (χ2n) is 4.70. The van der Waals surface area contributed by atoms with Crippen LogP contribution in [0.1, 0.15) is 26.7 Å². The Morgan fingerprint density at radius 2 is 2.27 bits per heavy atom. The van der Waals surface area contributed by atoms with Crippen molar-refractivity contribution in [1.29, 1.82) is 0 Å². The van der Waals surface area contributed by atoms with Crippen molar-refractivity contribution in [2.45, 2.75) is 32.3 Å². The first-order valence-electron chi connectivity index (χ1n) is 5.56. The van der Waals surface area contributed by atoms with E-state index in [9.17, 15) is 4.79 Å². The van der Waals surface area contributed by atoms with E-state index in [1.165, 1.54) is 0 Å². The molecule has 1 atom stereocenters. The molecule has 1 saturated heterocycles. The molecule has 1 aliphatic heterocycles. The predicted molar refractivity (Wildman–Crippen MR) is 59.4 cm³/mol. The molecule has 15 heavy (non-hydrogen) atoms. The van der Waals surface area contributed by atoms with E-state index < -0.39 is 5.60 Å². The van der Waals surface area contributed by atoms with Gasteiger partial charge in [-0.05, 0) is 39.2 Å². The minimum atomic E-state index is -0.697. The lowest BCUT2D eigenvalue weighted by molar-refractivity contribution is -0.150. The van der Waals surface area contributed by atoms with Gasteiger partial charge in [-0.1, -0.05) is 0 Å². The average Bonchev–Trinajstić information content (AvgIpc) is 2.66. The molecule has 0 spiro atoms. The Labute approximate surface area is 91.8 Å². The van der Waals surface area contributed by atoms with Crippen molar-refractivity contribution in [3.63, 3.8) is 0 Å². The Kier molecular flexibility index (Phi) is 4.11. The topological polar surface area (TPSA) is 55.6 Å². The van der Waals surface area contributed by atoms with Gasteiger partial charge >= 0.3 is 0 Å². The molecule has 1 aliphatic rings. The molecule has 4 heteroatoms. The molecular formula is C11H22N2O2. The van der Waals surface area contributed by atoms with Crippen molar-refractivity contribution in [2.24, 2.45) is 11.7 Å². The van der Waals surface area contributed by atoms with Crippen molar-refractivity contribution in [3.05, 3.63) is 0 Å². The normalized spacial score (nSPS) is 22.1. The van der Waals surface area contributed by atoms with Crippen LogP contribution in [0.15, 0.2) is 0 Å². The van der Waals surface area contributed by atoms with E-state index in [-0.39, 0.29) is 5.91 Å². The van der Waals surface area contributed by atoms with Crippen molar-refractivity contribution < 1.29 is 9.53 Å². The van der Waals surface area contributed by atoms with E-state index in [2.05, 4.69) is 0 Å². The molecule has 4 nitrogen and oxygen atoms in total. The number of hydrogen-bond acceptors (Lipinski definition) is 3. The van der Waals surface area contributed by atoms with E-state index in [0.29, 0.717) is 12.5 Å². The minimum Gasteiger partial charge on any atom is -0.369 e. The Hall–Kier alpha value is -0.610. The number of ether oxygens (including phenoxy) is 1. The summed E-state index contributed by atoms with van der Waals surface area (Å²) < 4.78 is 5.19. The zero-order valence-electron chi connectivity index (χ0n) is 9.95. The SMILES string of the molecule is COC(C)(C)C(=O)N1CCC(CCN)C1. The zero-order chi connectivity index (χ0) is 11.5. The molecule has 0 saturated carbocycles. The number of amides is 1. The molecule has 2 N–H and O–H groups in total. The number of methoxy groups -OCH3 is 1. The molecule has 88 valence electrons. The monoisotopic (exact) mass is 214 g/mol. The third-order valence-electron chi connectivity index (χ3n) is 3.17. The van der Waals surface area contributed by atoms with Crippen molar-refractivity contribution in [2.75, 3.05) is 26.7 Å². The summed E-state index contributed by atoms with van der Waals surface area (Å²) in [4.78, 5) is 13.9. The lowest BCUT2D eigenvalue weighted by Crippen LogP contribution is -2.45. The zero-order valence-corrected chi connectivity index (χ0v) is 9.95. The van der Waals surface area contributed by atoms with Gasteiger partial charge in [0, 0.05) is 20.2 Å². The fourth-order valence-corrected chi connectivity index (χ4v) is 1.96. The third kappa shape index (κ3) is 2.92. The van der Waals surface area contributed by atoms with E-state index in [1.54, 1.807) is 7.11 Å². The van der Waals surface area contributed by atoms with Gasteiger partial charge in [0.2, 0.25) is 0 Å². The smallest absolute Gasteiger partial charge is 0.254 e. The van der Waals surface area contributed by atoms with Crippen molar-refractivity contribution >= 4 is 5.91 Å². The van der Waals surface area contributed by atoms with Gasteiger partial charge in [-0.25, -0.2) is 0 Å². The van der Waals surface area contributed by atoms with Gasteiger partial charge in [-0.15, -0.1) is 0 Å². The number of nitrogens with zero attached hydrogens (tertiary/aromatic N) is 1. The lowest BCUT2D eigenvalue weighted by atomic mass is 10.1. The minimum absolute atomic E-state index is 0.0875. The van der Waals surface area contributed by atoms with Gasteiger partial charge in [0.15, 0.2) is 0 Å². The molecule has 1 rings (SSSR count). The Morgan fingerprint density at radius 1 is 1.60 bits per heavy atom. The average molecular weight is 214 g/mol. The quantitative estimate of drug-likeness (QED) is 0.746. The second kappa shape index (κ2) is 4.94. The highest BCUT2D eigenvalue weighted by molar-refractivity contribution is 5.84. The van der Waals surface area contributed by atoms with Gasteiger partial charge in [0.25, 0.3) is 5.91 Å². The molecule has 1 unspecified atom stereocenters. The summed E-state index contributed by atoms with van der Waals surface area (Å²) in [6.07, 6.45) is 2.08. The van der Waals surface area contributed by atoms with Crippen LogP contribution in [0.2, 0.25) is 0 Å². The first kappa shape index (κ1) is 12.5. The number of nitrogens with two attached hydrogens (primary N) is 1. The van der Waals surface area contributed by atoms with Gasteiger partial charge in [0.1, 0.15) is 5.60 Å². The highest BCUT2D eigenvalue weighted by atomic mass is 16.5. The van der Waals surface area contributed by atoms with Crippen LogP contribution >= 0.6 is 0 Å². The summed E-state index contributed by atoms with van der Waals surface area (Å²) in [7, 11) is 1.57. The summed E-state index contributed by atoms with van der Waals surface area (Å²) in [6.45, 7) is 6.01. The van der Waals surface area contributed by atoms with Crippen LogP contribution in [0.5, 0.6) is 0 Å². The van der Waals surface area contributed by atoms with Crippen LogP contribution in [-0.2, 0) is 9.53 Å². The predicted octanol–water partition coefficient (Wildman–Crippen LogP) is 0.609.